The van der Waals surface area contributed by atoms with Gasteiger partial charge in [0.05, 0.1) is 16.2 Å². The lowest BCUT2D eigenvalue weighted by Crippen LogP contribution is -2.24. The van der Waals surface area contributed by atoms with E-state index in [0.29, 0.717) is 0 Å². The van der Waals surface area contributed by atoms with Crippen molar-refractivity contribution in [3.63, 3.8) is 0 Å². The molecule has 1 amide bonds. The van der Waals surface area contributed by atoms with E-state index in [2.05, 4.69) is 10.3 Å². The topological polar surface area (TPSA) is 155 Å². The number of esters is 1. The summed E-state index contributed by atoms with van der Waals surface area (Å²) in [5.41, 5.74) is -1.30. The summed E-state index contributed by atoms with van der Waals surface area (Å²) in [7, 11) is 0. The molecule has 1 heterocycles. The van der Waals surface area contributed by atoms with Gasteiger partial charge in [0.15, 0.2) is 6.61 Å². The van der Waals surface area contributed by atoms with Crippen LogP contribution in [0.2, 0.25) is 0 Å². The van der Waals surface area contributed by atoms with Crippen LogP contribution in [0.25, 0.3) is 0 Å². The molecule has 0 aliphatic heterocycles. The van der Waals surface area contributed by atoms with E-state index in [-0.39, 0.29) is 22.5 Å². The van der Waals surface area contributed by atoms with Crippen LogP contribution in [0.4, 0.5) is 11.4 Å². The molecule has 0 unspecified atom stereocenters. The van der Waals surface area contributed by atoms with Gasteiger partial charge in [0.2, 0.25) is 0 Å². The van der Waals surface area contributed by atoms with E-state index >= 15 is 0 Å². The number of non-ortho nitro benzene ring substituents is 1. The number of hydrogen-bond donors (Lipinski definition) is 2. The Kier molecular flexibility index (Phi) is 5.22. The molecule has 1 aromatic heterocycles. The van der Waals surface area contributed by atoms with Crippen LogP contribution in [-0.2, 0) is 9.53 Å². The highest BCUT2D eigenvalue weighted by Crippen LogP contribution is 2.21. The predicted octanol–water partition coefficient (Wildman–Crippen LogP) is 0.950. The van der Waals surface area contributed by atoms with Gasteiger partial charge in [-0.25, -0.2) is 4.79 Å². The number of pyridine rings is 1. The SMILES string of the molecule is N#Cc1cc([N+](=O)[O-])ccc1NC(=O)COC(=O)c1ccc[nH]c1=O. The highest BCUT2D eigenvalue weighted by molar-refractivity contribution is 5.96. The van der Waals surface area contributed by atoms with Crippen molar-refractivity contribution in [3.8, 4) is 6.07 Å². The largest absolute Gasteiger partial charge is 0.452 e. The molecule has 0 radical (unpaired) electrons. The monoisotopic (exact) mass is 342 g/mol. The van der Waals surface area contributed by atoms with Crippen LogP contribution >= 0.6 is 0 Å². The van der Waals surface area contributed by atoms with E-state index in [1.807, 2.05) is 0 Å². The average molecular weight is 342 g/mol. The van der Waals surface area contributed by atoms with E-state index in [9.17, 15) is 24.5 Å². The minimum atomic E-state index is -0.985. The standard InChI is InChI=1S/C15H10N4O6/c16-7-9-6-10(19(23)24)3-4-12(9)18-13(20)8-25-15(22)11-2-1-5-17-14(11)21/h1-6H,8H2,(H,17,21)(H,18,20). The second kappa shape index (κ2) is 7.51. The second-order valence-electron chi connectivity index (χ2n) is 4.64. The number of H-pyrrole nitrogens is 1. The average Bonchev–Trinajstić information content (AvgIpc) is 2.60. The minimum absolute atomic E-state index is 0.0340. The van der Waals surface area contributed by atoms with Gasteiger partial charge in [-0.2, -0.15) is 5.26 Å². The van der Waals surface area contributed by atoms with E-state index in [0.717, 1.165) is 12.1 Å². The molecule has 10 nitrogen and oxygen atoms in total. The summed E-state index contributed by atoms with van der Waals surface area (Å²) < 4.78 is 4.72. The van der Waals surface area contributed by atoms with Crippen molar-refractivity contribution in [1.82, 2.24) is 4.98 Å². The third-order valence-electron chi connectivity index (χ3n) is 2.98. The number of rotatable bonds is 5. The summed E-state index contributed by atoms with van der Waals surface area (Å²) in [6.07, 6.45) is 1.34. The van der Waals surface area contributed by atoms with Crippen LogP contribution in [0.15, 0.2) is 41.3 Å². The molecule has 0 fully saturated rings. The first-order valence-corrected chi connectivity index (χ1v) is 6.75. The first-order chi connectivity index (χ1) is 11.9. The van der Waals surface area contributed by atoms with Crippen LogP contribution in [0.1, 0.15) is 15.9 Å². The summed E-state index contributed by atoms with van der Waals surface area (Å²) in [6, 6.07) is 7.70. The predicted molar refractivity (Wildman–Crippen MR) is 83.8 cm³/mol. The second-order valence-corrected chi connectivity index (χ2v) is 4.64. The Morgan fingerprint density at radius 1 is 1.36 bits per heavy atom. The molecule has 2 rings (SSSR count). The van der Waals surface area contributed by atoms with Gasteiger partial charge in [-0.05, 0) is 18.2 Å². The summed E-state index contributed by atoms with van der Waals surface area (Å²) in [5, 5.41) is 22.0. The van der Waals surface area contributed by atoms with Crippen LogP contribution in [0.5, 0.6) is 0 Å². The number of aromatic amines is 1. The van der Waals surface area contributed by atoms with E-state index in [1.165, 1.54) is 24.4 Å². The van der Waals surface area contributed by atoms with Gasteiger partial charge in [-0.1, -0.05) is 0 Å². The lowest BCUT2D eigenvalue weighted by molar-refractivity contribution is -0.384. The summed E-state index contributed by atoms with van der Waals surface area (Å²) in [6.45, 7) is -0.699. The Labute approximate surface area is 139 Å². The number of carbonyl (C=O) groups excluding carboxylic acids is 2. The number of nitriles is 1. The molecule has 2 N–H and O–H groups in total. The van der Waals surface area contributed by atoms with Gasteiger partial charge < -0.3 is 15.0 Å². The summed E-state index contributed by atoms with van der Waals surface area (Å²) in [5.74, 6) is -1.76. The molecule has 25 heavy (non-hydrogen) atoms. The van der Waals surface area contributed by atoms with Crippen molar-refractivity contribution in [3.05, 3.63) is 68.1 Å². The van der Waals surface area contributed by atoms with Crippen molar-refractivity contribution >= 4 is 23.3 Å². The fraction of sp³-hybridized carbons (Fsp3) is 0.0667. The zero-order valence-electron chi connectivity index (χ0n) is 12.5. The molecule has 0 aliphatic rings. The van der Waals surface area contributed by atoms with E-state index < -0.39 is 29.0 Å². The fourth-order valence-electron chi connectivity index (χ4n) is 1.82. The van der Waals surface area contributed by atoms with Gasteiger partial charge in [0.1, 0.15) is 11.6 Å². The van der Waals surface area contributed by atoms with Crippen LogP contribution in [-0.4, -0.2) is 28.4 Å². The fourth-order valence-corrected chi connectivity index (χ4v) is 1.82. The molecule has 0 spiro atoms. The van der Waals surface area contributed by atoms with Crippen molar-refractivity contribution < 1.29 is 19.2 Å². The van der Waals surface area contributed by atoms with Crippen molar-refractivity contribution in [2.75, 3.05) is 11.9 Å². The molecular formula is C15H10N4O6. The molecule has 0 saturated carbocycles. The maximum absolute atomic E-state index is 11.8. The molecule has 10 heteroatoms. The number of amides is 1. The Balaban J connectivity index is 2.02. The Bertz CT molecular complexity index is 944. The number of ether oxygens (including phenoxy) is 1. The number of aromatic nitrogens is 1. The first-order valence-electron chi connectivity index (χ1n) is 6.75. The lowest BCUT2D eigenvalue weighted by atomic mass is 10.1. The van der Waals surface area contributed by atoms with E-state index in [4.69, 9.17) is 10.00 Å². The van der Waals surface area contributed by atoms with Gasteiger partial charge >= 0.3 is 5.97 Å². The number of carbonyl (C=O) groups is 2. The van der Waals surface area contributed by atoms with Crippen molar-refractivity contribution in [1.29, 1.82) is 5.26 Å². The van der Waals surface area contributed by atoms with Crippen molar-refractivity contribution in [2.45, 2.75) is 0 Å². The zero-order valence-corrected chi connectivity index (χ0v) is 12.5. The first kappa shape index (κ1) is 17.4. The zero-order chi connectivity index (χ0) is 18.4. The molecule has 0 aliphatic carbocycles. The highest BCUT2D eigenvalue weighted by Gasteiger charge is 2.16. The maximum atomic E-state index is 11.8. The Hall–Kier alpha value is -4.00. The number of hydrogen-bond acceptors (Lipinski definition) is 7. The minimum Gasteiger partial charge on any atom is -0.452 e. The Morgan fingerprint density at radius 3 is 2.76 bits per heavy atom. The van der Waals surface area contributed by atoms with Crippen LogP contribution in [0.3, 0.4) is 0 Å². The normalized spacial score (nSPS) is 9.72. The van der Waals surface area contributed by atoms with Crippen LogP contribution in [0, 0.1) is 21.4 Å². The third kappa shape index (κ3) is 4.26. The number of nitro benzene ring substituents is 1. The molecule has 2 aromatic rings. The molecular weight excluding hydrogens is 332 g/mol. The van der Waals surface area contributed by atoms with Crippen LogP contribution < -0.4 is 10.9 Å². The molecule has 0 saturated heterocycles. The van der Waals surface area contributed by atoms with Gasteiger partial charge in [-0.15, -0.1) is 0 Å². The summed E-state index contributed by atoms with van der Waals surface area (Å²) in [4.78, 5) is 47.2. The lowest BCUT2D eigenvalue weighted by Gasteiger charge is -2.07. The number of benzene rings is 1. The van der Waals surface area contributed by atoms with Gasteiger partial charge in [-0.3, -0.25) is 19.7 Å². The smallest absolute Gasteiger partial charge is 0.344 e. The van der Waals surface area contributed by atoms with Crippen molar-refractivity contribution in [2.24, 2.45) is 0 Å². The van der Waals surface area contributed by atoms with Gasteiger partial charge in [0.25, 0.3) is 17.2 Å². The molecule has 1 aromatic carbocycles. The number of anilines is 1. The molecule has 0 bridgehead atoms. The quantitative estimate of drug-likeness (QED) is 0.465. The Morgan fingerprint density at radius 2 is 2.12 bits per heavy atom. The third-order valence-corrected chi connectivity index (χ3v) is 2.98. The number of nitrogens with zero attached hydrogens (tertiary/aromatic N) is 2. The summed E-state index contributed by atoms with van der Waals surface area (Å²) >= 11 is 0. The number of nitrogens with one attached hydrogen (secondary N) is 2. The molecule has 0 atom stereocenters. The van der Waals surface area contributed by atoms with Gasteiger partial charge in [0, 0.05) is 18.3 Å². The highest BCUT2D eigenvalue weighted by atomic mass is 16.6. The molecule has 126 valence electrons. The maximum Gasteiger partial charge on any atom is 0.344 e. The number of nitro groups is 1. The van der Waals surface area contributed by atoms with E-state index in [1.54, 1.807) is 6.07 Å².